The second-order valence-corrected chi connectivity index (χ2v) is 9.95. The Hall–Kier alpha value is -3.48. The Morgan fingerprint density at radius 3 is 2.27 bits per heavy atom. The Kier molecular flexibility index (Phi) is 5.82. The molecule has 7 nitrogen and oxygen atoms in total. The number of nitrogens with one attached hydrogen (secondary N) is 1. The zero-order chi connectivity index (χ0) is 23.8. The molecule has 2 aliphatic rings. The first-order valence-corrected chi connectivity index (χ1v) is 11.1. The number of carbonyl (C=O) groups is 4. The average molecular weight is 449 g/mol. The van der Waals surface area contributed by atoms with Crippen LogP contribution in [0.25, 0.3) is 0 Å². The lowest BCUT2D eigenvalue weighted by molar-refractivity contribution is -0.142. The van der Waals surface area contributed by atoms with Crippen LogP contribution >= 0.6 is 0 Å². The molecule has 1 aliphatic heterocycles. The van der Waals surface area contributed by atoms with Crippen molar-refractivity contribution < 1.29 is 23.9 Å². The summed E-state index contributed by atoms with van der Waals surface area (Å²) in [7, 11) is 0. The predicted molar refractivity (Wildman–Crippen MR) is 122 cm³/mol. The van der Waals surface area contributed by atoms with Gasteiger partial charge in [-0.3, -0.25) is 14.5 Å². The van der Waals surface area contributed by atoms with Gasteiger partial charge in [0.1, 0.15) is 17.8 Å². The zero-order valence-corrected chi connectivity index (χ0v) is 19.1. The van der Waals surface area contributed by atoms with E-state index >= 15 is 0 Å². The van der Waals surface area contributed by atoms with Crippen molar-refractivity contribution >= 4 is 23.7 Å². The first kappa shape index (κ1) is 22.7. The highest BCUT2D eigenvalue weighted by Crippen LogP contribution is 2.46. The topological polar surface area (TPSA) is 92.8 Å². The lowest BCUT2D eigenvalue weighted by Crippen LogP contribution is -2.54. The molecule has 1 saturated heterocycles. The van der Waals surface area contributed by atoms with Gasteiger partial charge in [0.15, 0.2) is 5.78 Å². The van der Waals surface area contributed by atoms with Crippen LogP contribution in [0.3, 0.4) is 0 Å². The molecule has 1 aliphatic carbocycles. The van der Waals surface area contributed by atoms with Crippen molar-refractivity contribution in [2.24, 2.45) is 11.3 Å². The maximum atomic E-state index is 13.2. The Morgan fingerprint density at radius 1 is 1.00 bits per heavy atom. The number of ketones is 1. The standard InChI is InChI=1S/C26H28N2O5/c1-17-13-25(2,3)16-26(14-17)23(31)28(24(32)27-26)15-21(29)33-20-11-9-19(10-12-20)22(30)18-7-5-4-6-8-18/h4-12,17H,13-16H2,1-3H3,(H,27,32)/t17-,26-/m0/s1. The van der Waals surface area contributed by atoms with Gasteiger partial charge in [0, 0.05) is 11.1 Å². The molecule has 2 fully saturated rings. The van der Waals surface area contributed by atoms with Crippen LogP contribution in [0.1, 0.15) is 56.0 Å². The molecule has 3 amide bonds. The highest BCUT2D eigenvalue weighted by atomic mass is 16.5. The van der Waals surface area contributed by atoms with Crippen LogP contribution in [0.2, 0.25) is 0 Å². The Morgan fingerprint density at radius 2 is 1.64 bits per heavy atom. The number of carbonyl (C=O) groups excluding carboxylic acids is 4. The van der Waals surface area contributed by atoms with Crippen molar-refractivity contribution in [3.05, 3.63) is 65.7 Å². The van der Waals surface area contributed by atoms with Crippen LogP contribution < -0.4 is 10.1 Å². The number of benzene rings is 2. The van der Waals surface area contributed by atoms with Crippen molar-refractivity contribution in [2.45, 2.75) is 45.6 Å². The Bertz CT molecular complexity index is 1090. The highest BCUT2D eigenvalue weighted by molar-refractivity contribution is 6.09. The fourth-order valence-corrected chi connectivity index (χ4v) is 5.37. The largest absolute Gasteiger partial charge is 0.425 e. The second kappa shape index (κ2) is 8.46. The molecular formula is C26H28N2O5. The van der Waals surface area contributed by atoms with Gasteiger partial charge in [-0.1, -0.05) is 51.1 Å². The lowest BCUT2D eigenvalue weighted by atomic mass is 9.64. The van der Waals surface area contributed by atoms with Crippen LogP contribution in [0, 0.1) is 11.3 Å². The summed E-state index contributed by atoms with van der Waals surface area (Å²) >= 11 is 0. The molecule has 2 aromatic rings. The van der Waals surface area contributed by atoms with Crippen molar-refractivity contribution in [3.8, 4) is 5.75 Å². The number of esters is 1. The molecule has 33 heavy (non-hydrogen) atoms. The molecule has 1 saturated carbocycles. The van der Waals surface area contributed by atoms with Gasteiger partial charge in [-0.2, -0.15) is 0 Å². The summed E-state index contributed by atoms with van der Waals surface area (Å²) in [6.07, 6.45) is 2.07. The van der Waals surface area contributed by atoms with E-state index in [1.165, 1.54) is 12.1 Å². The molecule has 0 aromatic heterocycles. The van der Waals surface area contributed by atoms with Gasteiger partial charge in [-0.15, -0.1) is 0 Å². The number of amides is 3. The number of ether oxygens (including phenoxy) is 1. The maximum absolute atomic E-state index is 13.2. The molecule has 2 atom stereocenters. The number of imide groups is 1. The number of hydrogen-bond acceptors (Lipinski definition) is 5. The minimum Gasteiger partial charge on any atom is -0.425 e. The van der Waals surface area contributed by atoms with E-state index < -0.39 is 24.1 Å². The van der Waals surface area contributed by atoms with E-state index in [1.54, 1.807) is 36.4 Å². The molecule has 7 heteroatoms. The fraction of sp³-hybridized carbons (Fsp3) is 0.385. The van der Waals surface area contributed by atoms with E-state index in [2.05, 4.69) is 26.1 Å². The quantitative estimate of drug-likeness (QED) is 0.323. The van der Waals surface area contributed by atoms with Crippen LogP contribution in [0.4, 0.5) is 4.79 Å². The van der Waals surface area contributed by atoms with Gasteiger partial charge in [0.2, 0.25) is 0 Å². The van der Waals surface area contributed by atoms with E-state index in [-0.39, 0.29) is 28.8 Å². The smallest absolute Gasteiger partial charge is 0.331 e. The number of urea groups is 1. The van der Waals surface area contributed by atoms with Gasteiger partial charge >= 0.3 is 12.0 Å². The van der Waals surface area contributed by atoms with Crippen LogP contribution in [0.15, 0.2) is 54.6 Å². The predicted octanol–water partition coefficient (Wildman–Crippen LogP) is 3.96. The van der Waals surface area contributed by atoms with E-state index in [4.69, 9.17) is 4.74 Å². The number of rotatable bonds is 5. The average Bonchev–Trinajstić information content (AvgIpc) is 2.96. The monoisotopic (exact) mass is 448 g/mol. The summed E-state index contributed by atoms with van der Waals surface area (Å²) in [5.41, 5.74) is -0.0189. The first-order valence-electron chi connectivity index (χ1n) is 11.1. The van der Waals surface area contributed by atoms with Gasteiger partial charge in [0.05, 0.1) is 0 Å². The lowest BCUT2D eigenvalue weighted by Gasteiger charge is -2.43. The van der Waals surface area contributed by atoms with Crippen molar-refractivity contribution in [1.29, 1.82) is 0 Å². The summed E-state index contributed by atoms with van der Waals surface area (Å²) < 4.78 is 5.33. The maximum Gasteiger partial charge on any atom is 0.331 e. The third-order valence-corrected chi connectivity index (χ3v) is 6.30. The minimum absolute atomic E-state index is 0.0872. The molecular weight excluding hydrogens is 420 g/mol. The van der Waals surface area contributed by atoms with Crippen molar-refractivity contribution in [1.82, 2.24) is 10.2 Å². The van der Waals surface area contributed by atoms with Crippen molar-refractivity contribution in [3.63, 3.8) is 0 Å². The molecule has 0 radical (unpaired) electrons. The molecule has 1 spiro atoms. The van der Waals surface area contributed by atoms with E-state index in [0.29, 0.717) is 24.0 Å². The van der Waals surface area contributed by atoms with Crippen LogP contribution in [-0.2, 0) is 9.59 Å². The first-order chi connectivity index (χ1) is 15.6. The normalized spacial score (nSPS) is 24.0. The molecule has 0 bridgehead atoms. The van der Waals surface area contributed by atoms with E-state index in [1.807, 2.05) is 6.07 Å². The van der Waals surface area contributed by atoms with Crippen LogP contribution in [0.5, 0.6) is 5.75 Å². The molecule has 4 rings (SSSR count). The van der Waals surface area contributed by atoms with Gasteiger partial charge < -0.3 is 10.1 Å². The third-order valence-electron chi connectivity index (χ3n) is 6.30. The Labute approximate surface area is 193 Å². The summed E-state index contributed by atoms with van der Waals surface area (Å²) in [6.45, 7) is 5.79. The van der Waals surface area contributed by atoms with Gasteiger partial charge in [-0.25, -0.2) is 9.59 Å². The molecule has 1 heterocycles. The molecule has 2 aromatic carbocycles. The number of hydrogen-bond donors (Lipinski definition) is 1. The van der Waals surface area contributed by atoms with E-state index in [9.17, 15) is 19.2 Å². The Balaban J connectivity index is 1.40. The molecule has 1 N–H and O–H groups in total. The molecule has 172 valence electrons. The zero-order valence-electron chi connectivity index (χ0n) is 19.1. The van der Waals surface area contributed by atoms with Gasteiger partial charge in [-0.05, 0) is 54.9 Å². The van der Waals surface area contributed by atoms with Gasteiger partial charge in [0.25, 0.3) is 5.91 Å². The highest BCUT2D eigenvalue weighted by Gasteiger charge is 2.56. The second-order valence-electron chi connectivity index (χ2n) is 9.95. The number of nitrogens with zero attached hydrogens (tertiary/aromatic N) is 1. The van der Waals surface area contributed by atoms with Crippen molar-refractivity contribution in [2.75, 3.05) is 6.54 Å². The minimum atomic E-state index is -0.960. The summed E-state index contributed by atoms with van der Waals surface area (Å²) in [4.78, 5) is 51.7. The fourth-order valence-electron chi connectivity index (χ4n) is 5.37. The third kappa shape index (κ3) is 4.67. The van der Waals surface area contributed by atoms with E-state index in [0.717, 1.165) is 11.3 Å². The summed E-state index contributed by atoms with van der Waals surface area (Å²) in [6, 6.07) is 14.5. The summed E-state index contributed by atoms with van der Waals surface area (Å²) in [5, 5.41) is 2.85. The summed E-state index contributed by atoms with van der Waals surface area (Å²) in [5.74, 6) is -0.711. The molecule has 0 unspecified atom stereocenters. The van der Waals surface area contributed by atoms with Crippen LogP contribution in [-0.4, -0.2) is 40.7 Å². The SMILES string of the molecule is C[C@H]1CC(C)(C)C[C@]2(C1)NC(=O)N(CC(=O)Oc1ccc(C(=O)c3ccccc3)cc1)C2=O.